The van der Waals surface area contributed by atoms with Crippen molar-refractivity contribution >= 4 is 11.8 Å². The average Bonchev–Trinajstić information content (AvgIpc) is 2.26. The number of aromatic carboxylic acids is 1. The van der Waals surface area contributed by atoms with E-state index in [-0.39, 0.29) is 22.7 Å². The summed E-state index contributed by atoms with van der Waals surface area (Å²) in [5.74, 6) is 3.39. The minimum absolute atomic E-state index is 0.00534. The molecule has 5 heteroatoms. The van der Waals surface area contributed by atoms with Crippen LogP contribution in [0.4, 0.5) is 0 Å². The second-order valence-electron chi connectivity index (χ2n) is 3.24. The van der Waals surface area contributed by atoms with E-state index in [1.54, 1.807) is 6.92 Å². The number of carboxylic acids is 1. The summed E-state index contributed by atoms with van der Waals surface area (Å²) in [5.41, 5.74) is 0.415. The van der Waals surface area contributed by atoms with Crippen LogP contribution < -0.4 is 10.7 Å². The molecule has 0 heterocycles. The molecule has 0 bridgehead atoms. The summed E-state index contributed by atoms with van der Waals surface area (Å²) in [6.45, 7) is 5.05. The Morgan fingerprint density at radius 2 is 2.06 bits per heavy atom. The second-order valence-corrected chi connectivity index (χ2v) is 3.24. The van der Waals surface area contributed by atoms with Crippen LogP contribution in [-0.4, -0.2) is 16.9 Å². The smallest absolute Gasteiger partial charge is 0.339 e. The molecule has 0 spiro atoms. The fourth-order valence-electron chi connectivity index (χ4n) is 1.19. The molecule has 0 fully saturated rings. The monoisotopic (exact) mass is 221 g/mol. The number of ketones is 1. The molecule has 0 amide bonds. The summed E-state index contributed by atoms with van der Waals surface area (Å²) in [5, 5.41) is 8.87. The highest BCUT2D eigenvalue weighted by atomic mass is 16.6. The van der Waals surface area contributed by atoms with Gasteiger partial charge in [0.25, 0.3) is 0 Å². The molecule has 1 aromatic rings. The molecule has 1 aromatic carbocycles. The molecule has 0 saturated heterocycles. The van der Waals surface area contributed by atoms with Crippen LogP contribution in [0.3, 0.4) is 0 Å². The molecular weight excluding hydrogens is 210 g/mol. The Morgan fingerprint density at radius 1 is 1.44 bits per heavy atom. The van der Waals surface area contributed by atoms with Gasteiger partial charge >= 0.3 is 5.97 Å². The van der Waals surface area contributed by atoms with Gasteiger partial charge in [-0.25, -0.2) is 4.79 Å². The zero-order chi connectivity index (χ0) is 12.3. The van der Waals surface area contributed by atoms with Gasteiger partial charge in [0.15, 0.2) is 11.5 Å². The van der Waals surface area contributed by atoms with Crippen LogP contribution in [0.5, 0.6) is 5.75 Å². The van der Waals surface area contributed by atoms with E-state index in [2.05, 4.69) is 11.4 Å². The number of benzene rings is 1. The van der Waals surface area contributed by atoms with Crippen molar-refractivity contribution in [3.63, 3.8) is 0 Å². The van der Waals surface area contributed by atoms with Crippen molar-refractivity contribution in [2.24, 2.45) is 5.90 Å². The summed E-state index contributed by atoms with van der Waals surface area (Å²) < 4.78 is 0. The first-order chi connectivity index (χ1) is 7.47. The third-order valence-electron chi connectivity index (χ3n) is 1.99. The number of carboxylic acid groups (broad SMARTS) is 1. The van der Waals surface area contributed by atoms with Gasteiger partial charge in [-0.05, 0) is 30.7 Å². The van der Waals surface area contributed by atoms with E-state index in [0.29, 0.717) is 5.57 Å². The van der Waals surface area contributed by atoms with Crippen molar-refractivity contribution in [1.82, 2.24) is 0 Å². The van der Waals surface area contributed by atoms with Crippen LogP contribution in [-0.2, 0) is 0 Å². The van der Waals surface area contributed by atoms with Gasteiger partial charge in [0.05, 0.1) is 0 Å². The van der Waals surface area contributed by atoms with E-state index >= 15 is 0 Å². The Morgan fingerprint density at radius 3 is 2.50 bits per heavy atom. The maximum atomic E-state index is 11.6. The molecule has 0 unspecified atom stereocenters. The fraction of sp³-hybridized carbons (Fsp3) is 0.0909. The standard InChI is InChI=1S/C11H11NO4/c1-6(2)10(13)7-3-4-9(16-12)8(5-7)11(14)15/h3-5H,1,12H2,2H3,(H,14,15). The number of nitrogens with two attached hydrogens (primary N) is 1. The predicted molar refractivity (Wildman–Crippen MR) is 57.4 cm³/mol. The highest BCUT2D eigenvalue weighted by molar-refractivity contribution is 6.09. The Labute approximate surface area is 92.1 Å². The van der Waals surface area contributed by atoms with Gasteiger partial charge in [-0.2, -0.15) is 5.90 Å². The van der Waals surface area contributed by atoms with Gasteiger partial charge < -0.3 is 9.94 Å². The normalized spacial score (nSPS) is 9.62. The van der Waals surface area contributed by atoms with Crippen LogP contribution in [0, 0.1) is 0 Å². The molecule has 0 aliphatic carbocycles. The highest BCUT2D eigenvalue weighted by Crippen LogP contribution is 2.20. The third-order valence-corrected chi connectivity index (χ3v) is 1.99. The van der Waals surface area contributed by atoms with Crippen LogP contribution in [0.1, 0.15) is 27.6 Å². The van der Waals surface area contributed by atoms with E-state index in [1.165, 1.54) is 18.2 Å². The quantitative estimate of drug-likeness (QED) is 0.455. The molecule has 0 aromatic heterocycles. The van der Waals surface area contributed by atoms with Gasteiger partial charge in [-0.15, -0.1) is 0 Å². The topological polar surface area (TPSA) is 89.6 Å². The predicted octanol–water partition coefficient (Wildman–Crippen LogP) is 1.40. The van der Waals surface area contributed by atoms with Gasteiger partial charge in [0, 0.05) is 5.56 Å². The van der Waals surface area contributed by atoms with E-state index in [0.717, 1.165) is 0 Å². The Bertz CT molecular complexity index is 465. The second kappa shape index (κ2) is 4.59. The number of carbonyl (C=O) groups excluding carboxylic acids is 1. The van der Waals surface area contributed by atoms with E-state index in [1.807, 2.05) is 0 Å². The van der Waals surface area contributed by atoms with Crippen LogP contribution >= 0.6 is 0 Å². The number of allylic oxidation sites excluding steroid dienone is 1. The number of rotatable bonds is 4. The van der Waals surface area contributed by atoms with Crippen molar-refractivity contribution in [2.75, 3.05) is 0 Å². The minimum atomic E-state index is -1.21. The summed E-state index contributed by atoms with van der Waals surface area (Å²) >= 11 is 0. The number of carbonyl (C=O) groups is 2. The molecular formula is C11H11NO4. The van der Waals surface area contributed by atoms with Crippen molar-refractivity contribution in [3.8, 4) is 5.75 Å². The molecule has 0 atom stereocenters. The minimum Gasteiger partial charge on any atom is -0.478 e. The Kier molecular flexibility index (Phi) is 3.42. The Balaban J connectivity index is 3.27. The summed E-state index contributed by atoms with van der Waals surface area (Å²) in [4.78, 5) is 26.8. The lowest BCUT2D eigenvalue weighted by molar-refractivity contribution is 0.0692. The molecule has 16 heavy (non-hydrogen) atoms. The van der Waals surface area contributed by atoms with Crippen LogP contribution in [0.15, 0.2) is 30.4 Å². The van der Waals surface area contributed by atoms with Gasteiger partial charge in [-0.3, -0.25) is 4.79 Å². The van der Waals surface area contributed by atoms with E-state index in [4.69, 9.17) is 11.0 Å². The van der Waals surface area contributed by atoms with Crippen molar-refractivity contribution in [3.05, 3.63) is 41.5 Å². The largest absolute Gasteiger partial charge is 0.478 e. The van der Waals surface area contributed by atoms with E-state index < -0.39 is 5.97 Å². The lowest BCUT2D eigenvalue weighted by atomic mass is 10.0. The van der Waals surface area contributed by atoms with E-state index in [9.17, 15) is 9.59 Å². The number of Topliss-reactive ketones (excluding diaryl/α,β-unsaturated/α-hetero) is 1. The molecule has 5 nitrogen and oxygen atoms in total. The zero-order valence-corrected chi connectivity index (χ0v) is 8.69. The molecule has 0 saturated carbocycles. The summed E-state index contributed by atoms with van der Waals surface area (Å²) in [6.07, 6.45) is 0. The first-order valence-electron chi connectivity index (χ1n) is 4.41. The fourth-order valence-corrected chi connectivity index (χ4v) is 1.19. The first-order valence-corrected chi connectivity index (χ1v) is 4.41. The third kappa shape index (κ3) is 2.26. The molecule has 0 radical (unpaired) electrons. The Hall–Kier alpha value is -2.14. The lowest BCUT2D eigenvalue weighted by Crippen LogP contribution is -2.10. The molecule has 0 aliphatic rings. The zero-order valence-electron chi connectivity index (χ0n) is 8.69. The van der Waals surface area contributed by atoms with Crippen molar-refractivity contribution < 1.29 is 19.5 Å². The van der Waals surface area contributed by atoms with Crippen molar-refractivity contribution in [1.29, 1.82) is 0 Å². The SMILES string of the molecule is C=C(C)C(=O)c1ccc(ON)c(C(=O)O)c1. The number of hydrogen-bond donors (Lipinski definition) is 2. The lowest BCUT2D eigenvalue weighted by Gasteiger charge is -2.06. The molecule has 84 valence electrons. The summed E-state index contributed by atoms with van der Waals surface area (Å²) in [7, 11) is 0. The van der Waals surface area contributed by atoms with Crippen molar-refractivity contribution in [2.45, 2.75) is 6.92 Å². The van der Waals surface area contributed by atoms with Gasteiger partial charge in [0.1, 0.15) is 5.56 Å². The highest BCUT2D eigenvalue weighted by Gasteiger charge is 2.15. The molecule has 1 rings (SSSR count). The first kappa shape index (κ1) is 11.9. The maximum Gasteiger partial charge on any atom is 0.339 e. The average molecular weight is 221 g/mol. The molecule has 3 N–H and O–H groups in total. The molecule has 0 aliphatic heterocycles. The van der Waals surface area contributed by atoms with Gasteiger partial charge in [0.2, 0.25) is 0 Å². The van der Waals surface area contributed by atoms with Gasteiger partial charge in [-0.1, -0.05) is 6.58 Å². The van der Waals surface area contributed by atoms with Crippen LogP contribution in [0.2, 0.25) is 0 Å². The number of hydrogen-bond acceptors (Lipinski definition) is 4. The van der Waals surface area contributed by atoms with Crippen LogP contribution in [0.25, 0.3) is 0 Å². The summed E-state index contributed by atoms with van der Waals surface area (Å²) in [6, 6.07) is 3.98. The maximum absolute atomic E-state index is 11.6.